The molecule has 0 heterocycles. The van der Waals surface area contributed by atoms with Crippen LogP contribution in [0.1, 0.15) is 30.5 Å². The van der Waals surface area contributed by atoms with Gasteiger partial charge in [-0.05, 0) is 25.0 Å². The summed E-state index contributed by atoms with van der Waals surface area (Å²) in [5, 5.41) is 11.0. The van der Waals surface area contributed by atoms with Crippen LogP contribution in [0.4, 0.5) is 0 Å². The number of rotatable bonds is 2. The highest BCUT2D eigenvalue weighted by Crippen LogP contribution is 2.26. The summed E-state index contributed by atoms with van der Waals surface area (Å²) < 4.78 is 0. The lowest BCUT2D eigenvalue weighted by molar-refractivity contribution is 0.137. The summed E-state index contributed by atoms with van der Waals surface area (Å²) in [5.74, 6) is 0. The Morgan fingerprint density at radius 3 is 2.31 bits per heavy atom. The molecular weight excluding hydrogens is 160 g/mol. The number of benzene rings is 1. The Morgan fingerprint density at radius 2 is 1.85 bits per heavy atom. The highest BCUT2D eigenvalue weighted by atomic mass is 16.3. The van der Waals surface area contributed by atoms with Gasteiger partial charge in [0.05, 0.1) is 6.61 Å². The van der Waals surface area contributed by atoms with Crippen molar-refractivity contribution in [2.45, 2.75) is 33.1 Å². The fraction of sp³-hybridized carbons (Fsp3) is 0.500. The van der Waals surface area contributed by atoms with E-state index in [9.17, 15) is 5.11 Å². The summed E-state index contributed by atoms with van der Waals surface area (Å²) >= 11 is 0. The summed E-state index contributed by atoms with van der Waals surface area (Å²) in [4.78, 5) is 0. The largest absolute Gasteiger partial charge is 0.236 e. The second kappa shape index (κ2) is 3.51. The smallest absolute Gasteiger partial charge is 0.0913 e. The van der Waals surface area contributed by atoms with E-state index in [-0.39, 0.29) is 12.0 Å². The van der Waals surface area contributed by atoms with Crippen LogP contribution in [0.2, 0.25) is 0 Å². The van der Waals surface area contributed by atoms with Crippen LogP contribution in [0.15, 0.2) is 18.2 Å². The first kappa shape index (κ1) is 10.3. The van der Waals surface area contributed by atoms with Crippen LogP contribution in [0.5, 0.6) is 0 Å². The highest BCUT2D eigenvalue weighted by molar-refractivity contribution is 5.35. The van der Waals surface area contributed by atoms with Crippen molar-refractivity contribution in [2.75, 3.05) is 6.61 Å². The van der Waals surface area contributed by atoms with Crippen LogP contribution in [0.25, 0.3) is 0 Å². The predicted octanol–water partition coefficient (Wildman–Crippen LogP) is 3.01. The average Bonchev–Trinajstić information content (AvgIpc) is 2.03. The number of hydrogen-bond donors (Lipinski definition) is 0. The molecule has 0 N–H and O–H groups in total. The maximum atomic E-state index is 11.0. The zero-order valence-corrected chi connectivity index (χ0v) is 8.85. The monoisotopic (exact) mass is 177 g/mol. The van der Waals surface area contributed by atoms with E-state index in [1.54, 1.807) is 0 Å². The fourth-order valence-corrected chi connectivity index (χ4v) is 1.65. The number of aryl methyl sites for hydroxylation is 2. The van der Waals surface area contributed by atoms with Crippen molar-refractivity contribution in [3.8, 4) is 0 Å². The molecule has 71 valence electrons. The first-order chi connectivity index (χ1) is 5.97. The second-order valence-corrected chi connectivity index (χ2v) is 4.35. The van der Waals surface area contributed by atoms with Gasteiger partial charge in [0.1, 0.15) is 0 Å². The van der Waals surface area contributed by atoms with Crippen molar-refractivity contribution in [2.24, 2.45) is 0 Å². The Kier molecular flexibility index (Phi) is 2.77. The van der Waals surface area contributed by atoms with Gasteiger partial charge in [0.25, 0.3) is 0 Å². The minimum atomic E-state index is -0.238. The molecule has 1 aromatic carbocycles. The lowest BCUT2D eigenvalue weighted by Gasteiger charge is -2.23. The summed E-state index contributed by atoms with van der Waals surface area (Å²) in [5.41, 5.74) is 3.41. The van der Waals surface area contributed by atoms with E-state index in [0.29, 0.717) is 0 Å². The Morgan fingerprint density at radius 1 is 1.23 bits per heavy atom. The van der Waals surface area contributed by atoms with Crippen LogP contribution >= 0.6 is 0 Å². The standard InChI is InChI=1S/C12H17O/c1-9-5-6-11(10(2)7-9)12(3,4)8-13/h5-7H,8H2,1-4H3. The normalized spacial score (nSPS) is 11.8. The molecule has 1 heteroatoms. The number of hydrogen-bond acceptors (Lipinski definition) is 0. The summed E-state index contributed by atoms with van der Waals surface area (Å²) in [6.45, 7) is 8.08. The van der Waals surface area contributed by atoms with Gasteiger partial charge in [-0.3, -0.25) is 0 Å². The maximum absolute atomic E-state index is 11.0. The van der Waals surface area contributed by atoms with Gasteiger partial charge in [-0.2, -0.15) is 0 Å². The third-order valence-electron chi connectivity index (χ3n) is 2.47. The van der Waals surface area contributed by atoms with Gasteiger partial charge in [0, 0.05) is 5.41 Å². The SMILES string of the molecule is Cc1ccc(C(C)(C)C[O])c(C)c1. The molecule has 1 nitrogen and oxygen atoms in total. The van der Waals surface area contributed by atoms with E-state index in [4.69, 9.17) is 0 Å². The van der Waals surface area contributed by atoms with Gasteiger partial charge in [0.15, 0.2) is 0 Å². The van der Waals surface area contributed by atoms with Crippen molar-refractivity contribution in [3.63, 3.8) is 0 Å². The molecule has 13 heavy (non-hydrogen) atoms. The molecule has 0 fully saturated rings. The third-order valence-corrected chi connectivity index (χ3v) is 2.47. The van der Waals surface area contributed by atoms with E-state index in [1.165, 1.54) is 16.7 Å². The molecular formula is C12H17O. The van der Waals surface area contributed by atoms with Crippen LogP contribution in [-0.4, -0.2) is 6.61 Å². The summed E-state index contributed by atoms with van der Waals surface area (Å²) in [7, 11) is 0. The topological polar surface area (TPSA) is 19.9 Å². The first-order valence-electron chi connectivity index (χ1n) is 4.63. The van der Waals surface area contributed by atoms with E-state index in [1.807, 2.05) is 13.8 Å². The zero-order chi connectivity index (χ0) is 10.1. The van der Waals surface area contributed by atoms with E-state index in [0.717, 1.165) is 0 Å². The minimum Gasteiger partial charge on any atom is -0.236 e. The zero-order valence-electron chi connectivity index (χ0n) is 8.85. The third kappa shape index (κ3) is 2.10. The lowest BCUT2D eigenvalue weighted by Crippen LogP contribution is -2.22. The van der Waals surface area contributed by atoms with Gasteiger partial charge in [-0.1, -0.05) is 37.6 Å². The van der Waals surface area contributed by atoms with Gasteiger partial charge in [-0.15, -0.1) is 0 Å². The molecule has 0 unspecified atom stereocenters. The molecule has 1 rings (SSSR count). The van der Waals surface area contributed by atoms with Gasteiger partial charge < -0.3 is 0 Å². The molecule has 0 aliphatic heterocycles. The molecule has 1 radical (unpaired) electrons. The lowest BCUT2D eigenvalue weighted by atomic mass is 9.82. The Hall–Kier alpha value is -0.820. The van der Waals surface area contributed by atoms with Crippen molar-refractivity contribution in [1.29, 1.82) is 0 Å². The van der Waals surface area contributed by atoms with Crippen LogP contribution < -0.4 is 0 Å². The van der Waals surface area contributed by atoms with Gasteiger partial charge in [-0.25, -0.2) is 5.11 Å². The summed E-state index contributed by atoms with van der Waals surface area (Å²) in [6.07, 6.45) is 0. The quantitative estimate of drug-likeness (QED) is 0.661. The van der Waals surface area contributed by atoms with Crippen molar-refractivity contribution in [1.82, 2.24) is 0 Å². The second-order valence-electron chi connectivity index (χ2n) is 4.35. The minimum absolute atomic E-state index is 0.0586. The van der Waals surface area contributed by atoms with Crippen LogP contribution in [0.3, 0.4) is 0 Å². The van der Waals surface area contributed by atoms with E-state index < -0.39 is 0 Å². The Balaban J connectivity index is 3.16. The molecule has 0 spiro atoms. The molecule has 0 aliphatic carbocycles. The van der Waals surface area contributed by atoms with Crippen molar-refractivity contribution >= 4 is 0 Å². The molecule has 1 aromatic rings. The summed E-state index contributed by atoms with van der Waals surface area (Å²) in [6, 6.07) is 6.27. The molecule has 0 aromatic heterocycles. The first-order valence-corrected chi connectivity index (χ1v) is 4.63. The molecule has 0 aliphatic rings. The fourth-order valence-electron chi connectivity index (χ4n) is 1.65. The van der Waals surface area contributed by atoms with Gasteiger partial charge in [0.2, 0.25) is 0 Å². The maximum Gasteiger partial charge on any atom is 0.0913 e. The van der Waals surface area contributed by atoms with E-state index >= 15 is 0 Å². The molecule has 0 atom stereocenters. The Bertz CT molecular complexity index is 300. The predicted molar refractivity (Wildman–Crippen MR) is 54.5 cm³/mol. The van der Waals surface area contributed by atoms with Gasteiger partial charge >= 0.3 is 0 Å². The average molecular weight is 177 g/mol. The molecule has 0 amide bonds. The molecule has 0 saturated heterocycles. The molecule has 0 saturated carbocycles. The van der Waals surface area contributed by atoms with Crippen LogP contribution in [-0.2, 0) is 10.5 Å². The van der Waals surface area contributed by atoms with Crippen molar-refractivity contribution < 1.29 is 5.11 Å². The Labute approximate surface area is 80.4 Å². The van der Waals surface area contributed by atoms with Crippen LogP contribution in [0, 0.1) is 13.8 Å². The van der Waals surface area contributed by atoms with Crippen molar-refractivity contribution in [3.05, 3.63) is 34.9 Å². The highest BCUT2D eigenvalue weighted by Gasteiger charge is 2.21. The van der Waals surface area contributed by atoms with E-state index in [2.05, 4.69) is 32.0 Å². The molecule has 0 bridgehead atoms.